The van der Waals surface area contributed by atoms with Crippen LogP contribution in [0.3, 0.4) is 0 Å². The van der Waals surface area contributed by atoms with Crippen molar-refractivity contribution in [3.63, 3.8) is 0 Å². The second kappa shape index (κ2) is 4.34. The molecule has 3 N–H and O–H groups in total. The summed E-state index contributed by atoms with van der Waals surface area (Å²) < 4.78 is 0. The van der Waals surface area contributed by atoms with E-state index in [4.69, 9.17) is 5.11 Å². The van der Waals surface area contributed by atoms with E-state index in [-0.39, 0.29) is 18.4 Å². The summed E-state index contributed by atoms with van der Waals surface area (Å²) in [5.41, 5.74) is 0.517. The number of nitrogens with one attached hydrogen (secondary N) is 2. The van der Waals surface area contributed by atoms with Gasteiger partial charge in [-0.05, 0) is 12.8 Å². The Labute approximate surface area is 91.7 Å². The van der Waals surface area contributed by atoms with Crippen LogP contribution < -0.4 is 10.9 Å². The number of H-pyrrole nitrogens is 1. The number of carboxylic acids is 1. The van der Waals surface area contributed by atoms with Gasteiger partial charge in [-0.2, -0.15) is 0 Å². The van der Waals surface area contributed by atoms with Gasteiger partial charge in [0, 0.05) is 13.0 Å². The lowest BCUT2D eigenvalue weighted by Gasteiger charge is -2.16. The van der Waals surface area contributed by atoms with Crippen LogP contribution in [-0.4, -0.2) is 27.6 Å². The Kier molecular flexibility index (Phi) is 2.89. The molecule has 0 aliphatic carbocycles. The molecule has 0 saturated heterocycles. The number of hydrogen-bond donors (Lipinski definition) is 3. The molecule has 16 heavy (non-hydrogen) atoms. The van der Waals surface area contributed by atoms with Crippen molar-refractivity contribution in [1.82, 2.24) is 9.97 Å². The first kappa shape index (κ1) is 10.7. The number of fused-ring (bicyclic) bond motifs is 1. The predicted octanol–water partition coefficient (Wildman–Crippen LogP) is 0.145. The second-order valence-electron chi connectivity index (χ2n) is 3.76. The van der Waals surface area contributed by atoms with E-state index in [0.717, 1.165) is 19.4 Å². The molecule has 0 unspecified atom stereocenters. The molecule has 2 heterocycles. The second-order valence-corrected chi connectivity index (χ2v) is 3.76. The fourth-order valence-electron chi connectivity index (χ4n) is 1.74. The number of carbonyl (C=O) groups is 1. The number of aryl methyl sites for hydroxylation is 1. The first-order valence-corrected chi connectivity index (χ1v) is 5.24. The Morgan fingerprint density at radius 3 is 3.06 bits per heavy atom. The van der Waals surface area contributed by atoms with Crippen LogP contribution in [-0.2, 0) is 17.6 Å². The minimum Gasteiger partial charge on any atom is -0.481 e. The topological polar surface area (TPSA) is 95.1 Å². The number of anilines is 1. The molecule has 0 amide bonds. The molecule has 6 nitrogen and oxygen atoms in total. The van der Waals surface area contributed by atoms with E-state index in [9.17, 15) is 9.59 Å². The number of aromatic nitrogens is 2. The standard InChI is InChI=1S/C10H13N3O3/c14-8(15)4-3-7-12-9-6(10(16)13-7)2-1-5-11-9/h1-5H2,(H,14,15)(H2,11,12,13,16). The maximum atomic E-state index is 11.6. The van der Waals surface area contributed by atoms with Crippen LogP contribution in [0.5, 0.6) is 0 Å². The van der Waals surface area contributed by atoms with Gasteiger partial charge in [-0.3, -0.25) is 9.59 Å². The molecule has 0 radical (unpaired) electrons. The number of aromatic amines is 1. The van der Waals surface area contributed by atoms with Gasteiger partial charge in [0.25, 0.3) is 5.56 Å². The zero-order valence-corrected chi connectivity index (χ0v) is 8.75. The quantitative estimate of drug-likeness (QED) is 0.677. The summed E-state index contributed by atoms with van der Waals surface area (Å²) in [6.45, 7) is 0.807. The van der Waals surface area contributed by atoms with Crippen molar-refractivity contribution < 1.29 is 9.90 Å². The molecule has 1 aromatic heterocycles. The lowest BCUT2D eigenvalue weighted by molar-refractivity contribution is -0.137. The number of hydrogen-bond acceptors (Lipinski definition) is 4. The number of nitrogens with zero attached hydrogens (tertiary/aromatic N) is 1. The van der Waals surface area contributed by atoms with Crippen LogP contribution in [0.4, 0.5) is 5.82 Å². The highest BCUT2D eigenvalue weighted by atomic mass is 16.4. The highest BCUT2D eigenvalue weighted by Gasteiger charge is 2.15. The lowest BCUT2D eigenvalue weighted by Crippen LogP contribution is -2.25. The largest absolute Gasteiger partial charge is 0.481 e. The summed E-state index contributed by atoms with van der Waals surface area (Å²) in [6.07, 6.45) is 1.87. The molecular formula is C10H13N3O3. The highest BCUT2D eigenvalue weighted by Crippen LogP contribution is 2.15. The van der Waals surface area contributed by atoms with E-state index in [1.54, 1.807) is 0 Å². The van der Waals surface area contributed by atoms with Gasteiger partial charge in [0.05, 0.1) is 12.0 Å². The first-order valence-electron chi connectivity index (χ1n) is 5.24. The third kappa shape index (κ3) is 2.21. The van der Waals surface area contributed by atoms with E-state index in [0.29, 0.717) is 17.2 Å². The number of aliphatic carboxylic acids is 1. The number of rotatable bonds is 3. The van der Waals surface area contributed by atoms with E-state index in [1.165, 1.54) is 0 Å². The average molecular weight is 223 g/mol. The fraction of sp³-hybridized carbons (Fsp3) is 0.500. The van der Waals surface area contributed by atoms with Crippen LogP contribution in [0, 0.1) is 0 Å². The molecule has 1 aliphatic rings. The van der Waals surface area contributed by atoms with Crippen molar-refractivity contribution in [2.75, 3.05) is 11.9 Å². The monoisotopic (exact) mass is 223 g/mol. The minimum absolute atomic E-state index is 0.0261. The molecule has 6 heteroatoms. The molecule has 1 aliphatic heterocycles. The zero-order chi connectivity index (χ0) is 11.5. The molecule has 0 atom stereocenters. The lowest BCUT2D eigenvalue weighted by atomic mass is 10.1. The van der Waals surface area contributed by atoms with Crippen molar-refractivity contribution in [1.29, 1.82) is 0 Å². The Hall–Kier alpha value is -1.85. The SMILES string of the molecule is O=C(O)CCc1nc2c(c(=O)[nH]1)CCCN2. The minimum atomic E-state index is -0.895. The molecule has 0 bridgehead atoms. The smallest absolute Gasteiger partial charge is 0.303 e. The first-order chi connectivity index (χ1) is 7.66. The molecule has 86 valence electrons. The summed E-state index contributed by atoms with van der Waals surface area (Å²) in [6, 6.07) is 0. The summed E-state index contributed by atoms with van der Waals surface area (Å²) in [7, 11) is 0. The van der Waals surface area contributed by atoms with Crippen LogP contribution >= 0.6 is 0 Å². The van der Waals surface area contributed by atoms with E-state index in [2.05, 4.69) is 15.3 Å². The molecule has 0 fully saturated rings. The van der Waals surface area contributed by atoms with Gasteiger partial charge in [0.2, 0.25) is 0 Å². The van der Waals surface area contributed by atoms with Gasteiger partial charge >= 0.3 is 5.97 Å². The molecule has 2 rings (SSSR count). The van der Waals surface area contributed by atoms with Gasteiger partial charge in [0.1, 0.15) is 11.6 Å². The maximum absolute atomic E-state index is 11.6. The maximum Gasteiger partial charge on any atom is 0.303 e. The predicted molar refractivity (Wildman–Crippen MR) is 57.6 cm³/mol. The molecule has 0 aromatic carbocycles. The van der Waals surface area contributed by atoms with Crippen molar-refractivity contribution in [2.45, 2.75) is 25.7 Å². The summed E-state index contributed by atoms with van der Waals surface area (Å²) in [4.78, 5) is 28.9. The average Bonchev–Trinajstić information content (AvgIpc) is 2.26. The summed E-state index contributed by atoms with van der Waals surface area (Å²) >= 11 is 0. The van der Waals surface area contributed by atoms with Gasteiger partial charge in [0.15, 0.2) is 0 Å². The van der Waals surface area contributed by atoms with Gasteiger partial charge in [-0.1, -0.05) is 0 Å². The van der Waals surface area contributed by atoms with Crippen molar-refractivity contribution in [3.05, 3.63) is 21.7 Å². The Balaban J connectivity index is 2.25. The van der Waals surface area contributed by atoms with Crippen molar-refractivity contribution in [2.24, 2.45) is 0 Å². The van der Waals surface area contributed by atoms with Crippen LogP contribution in [0.15, 0.2) is 4.79 Å². The van der Waals surface area contributed by atoms with E-state index in [1.807, 2.05) is 0 Å². The van der Waals surface area contributed by atoms with Gasteiger partial charge in [-0.15, -0.1) is 0 Å². The van der Waals surface area contributed by atoms with Gasteiger partial charge < -0.3 is 15.4 Å². The molecule has 1 aromatic rings. The summed E-state index contributed by atoms with van der Waals surface area (Å²) in [5.74, 6) is 0.143. The Morgan fingerprint density at radius 2 is 2.31 bits per heavy atom. The van der Waals surface area contributed by atoms with Crippen LogP contribution in [0.2, 0.25) is 0 Å². The van der Waals surface area contributed by atoms with E-state index < -0.39 is 5.97 Å². The third-order valence-corrected chi connectivity index (χ3v) is 2.54. The van der Waals surface area contributed by atoms with Crippen LogP contribution in [0.25, 0.3) is 0 Å². The molecule has 0 spiro atoms. The van der Waals surface area contributed by atoms with Crippen LogP contribution in [0.1, 0.15) is 24.2 Å². The summed E-state index contributed by atoms with van der Waals surface area (Å²) in [5, 5.41) is 11.6. The third-order valence-electron chi connectivity index (χ3n) is 2.54. The molecular weight excluding hydrogens is 210 g/mol. The molecule has 0 saturated carbocycles. The highest BCUT2D eigenvalue weighted by molar-refractivity contribution is 5.66. The van der Waals surface area contributed by atoms with Gasteiger partial charge in [-0.25, -0.2) is 4.98 Å². The Bertz CT molecular complexity index is 467. The zero-order valence-electron chi connectivity index (χ0n) is 8.75. The van der Waals surface area contributed by atoms with E-state index >= 15 is 0 Å². The normalized spacial score (nSPS) is 14.0. The van der Waals surface area contributed by atoms with Crippen molar-refractivity contribution >= 4 is 11.8 Å². The van der Waals surface area contributed by atoms with Crippen molar-refractivity contribution in [3.8, 4) is 0 Å². The number of carboxylic acid groups (broad SMARTS) is 1. The Morgan fingerprint density at radius 1 is 1.50 bits per heavy atom. The fourth-order valence-corrected chi connectivity index (χ4v) is 1.74.